The number of halogens is 2. The van der Waals surface area contributed by atoms with E-state index in [2.05, 4.69) is 65.8 Å². The van der Waals surface area contributed by atoms with Crippen molar-refractivity contribution in [3.8, 4) is 0 Å². The van der Waals surface area contributed by atoms with Gasteiger partial charge in [0.2, 0.25) is 11.1 Å². The molecule has 1 rings (SSSR count). The predicted molar refractivity (Wildman–Crippen MR) is 78.6 cm³/mol. The number of hydrogen-bond donors (Lipinski definition) is 0. The molecule has 5 heteroatoms. The highest BCUT2D eigenvalue weighted by atomic mass is 79.9. The Bertz CT molecular complexity index is 226. The number of hydrogen-bond acceptors (Lipinski definition) is 0. The second kappa shape index (κ2) is 4.82. The first kappa shape index (κ1) is 13.0. The Morgan fingerprint density at radius 3 is 1.43 bits per heavy atom. The molecule has 0 N–H and O–H groups in total. The lowest BCUT2D eigenvalue weighted by atomic mass is 9.23. The maximum atomic E-state index is 3.74. The number of rotatable bonds is 2. The van der Waals surface area contributed by atoms with Crippen LogP contribution < -0.4 is 0 Å². The van der Waals surface area contributed by atoms with Crippen LogP contribution in [-0.2, 0) is 0 Å². The van der Waals surface area contributed by atoms with Crippen LogP contribution in [-0.4, -0.2) is 17.8 Å². The van der Waals surface area contributed by atoms with E-state index in [0.717, 1.165) is 6.71 Å². The van der Waals surface area contributed by atoms with Crippen molar-refractivity contribution in [2.45, 2.75) is 45.7 Å². The van der Waals surface area contributed by atoms with Gasteiger partial charge >= 0.3 is 0 Å². The first-order valence-electron chi connectivity index (χ1n) is 5.33. The normalized spacial score (nSPS) is 27.2. The molecule has 14 heavy (non-hydrogen) atoms. The third kappa shape index (κ3) is 2.19. The lowest BCUT2D eigenvalue weighted by molar-refractivity contribution is 1.21. The Morgan fingerprint density at radius 1 is 1.00 bits per heavy atom. The molecule has 76 valence electrons. The van der Waals surface area contributed by atoms with Gasteiger partial charge in [-0.25, -0.2) is 0 Å². The lowest BCUT2D eigenvalue weighted by Gasteiger charge is -2.21. The highest BCUT2D eigenvalue weighted by Crippen LogP contribution is 2.47. The quantitative estimate of drug-likeness (QED) is 0.526. The Labute approximate surface area is 106 Å². The first-order chi connectivity index (χ1) is 6.37. The Kier molecular flexibility index (Phi) is 4.46. The molecule has 0 saturated carbocycles. The molecule has 0 aliphatic carbocycles. The van der Waals surface area contributed by atoms with Gasteiger partial charge in [0, 0.05) is 0 Å². The van der Waals surface area contributed by atoms with Gasteiger partial charge in [-0.1, -0.05) is 43.0 Å². The van der Waals surface area contributed by atoms with Crippen LogP contribution in [0.1, 0.15) is 13.8 Å². The average Bonchev–Trinajstić information content (AvgIpc) is 2.23. The standard InChI is InChI=1S/C9H17B3Br2/c1-6-7(2)9(12(5)14)10(3)8(6)11(4)13/h8-9H,1-5H3. The fourth-order valence-corrected chi connectivity index (χ4v) is 4.82. The van der Waals surface area contributed by atoms with Crippen molar-refractivity contribution in [2.75, 3.05) is 0 Å². The molecule has 0 aromatic carbocycles. The van der Waals surface area contributed by atoms with E-state index in [4.69, 9.17) is 0 Å². The second-order valence-corrected chi connectivity index (χ2v) is 7.52. The molecule has 0 aromatic rings. The molecular weight excluding hydrogens is 300 g/mol. The summed E-state index contributed by atoms with van der Waals surface area (Å²) in [5.41, 5.74) is 5.78. The SMILES string of the molecule is CB(Br)C1B(C)C(B(C)Br)C(C)=C1C. The molecule has 0 fully saturated rings. The van der Waals surface area contributed by atoms with E-state index in [9.17, 15) is 0 Å². The van der Waals surface area contributed by atoms with Crippen LogP contribution in [0.2, 0.25) is 31.9 Å². The summed E-state index contributed by atoms with van der Waals surface area (Å²) in [6.07, 6.45) is 0. The van der Waals surface area contributed by atoms with Crippen molar-refractivity contribution in [1.29, 1.82) is 0 Å². The van der Waals surface area contributed by atoms with Crippen LogP contribution in [0, 0.1) is 0 Å². The fraction of sp³-hybridized carbons (Fsp3) is 0.778. The van der Waals surface area contributed by atoms with Gasteiger partial charge in [0.25, 0.3) is 0 Å². The third-order valence-electron chi connectivity index (χ3n) is 3.74. The smallest absolute Gasteiger partial charge is 0.157 e. The van der Waals surface area contributed by atoms with Crippen LogP contribution in [0.15, 0.2) is 11.1 Å². The summed E-state index contributed by atoms with van der Waals surface area (Å²) in [5, 5.41) is 0. The Hall–Kier alpha value is 0.895. The van der Waals surface area contributed by atoms with Crippen molar-refractivity contribution in [1.82, 2.24) is 0 Å². The zero-order valence-electron chi connectivity index (χ0n) is 9.64. The molecule has 1 aliphatic heterocycles. The summed E-state index contributed by atoms with van der Waals surface area (Å²) < 4.78 is 0. The van der Waals surface area contributed by atoms with Crippen molar-refractivity contribution < 1.29 is 0 Å². The number of allylic oxidation sites excluding steroid dienone is 2. The van der Waals surface area contributed by atoms with Crippen LogP contribution in [0.3, 0.4) is 0 Å². The van der Waals surface area contributed by atoms with Crippen molar-refractivity contribution in [3.05, 3.63) is 11.1 Å². The van der Waals surface area contributed by atoms with Gasteiger partial charge in [0.15, 0.2) is 0 Å². The Balaban J connectivity index is 2.98. The molecule has 0 aromatic heterocycles. The summed E-state index contributed by atoms with van der Waals surface area (Å²) in [5.74, 6) is 0. The fourth-order valence-electron chi connectivity index (χ4n) is 3.06. The van der Waals surface area contributed by atoms with E-state index < -0.39 is 0 Å². The maximum absolute atomic E-state index is 3.74. The van der Waals surface area contributed by atoms with Gasteiger partial charge in [0.05, 0.1) is 0 Å². The minimum atomic E-state index is 0.587. The van der Waals surface area contributed by atoms with Crippen LogP contribution in [0.25, 0.3) is 0 Å². The summed E-state index contributed by atoms with van der Waals surface area (Å²) in [6.45, 7) is 12.2. The third-order valence-corrected chi connectivity index (χ3v) is 4.88. The molecule has 0 bridgehead atoms. The van der Waals surface area contributed by atoms with Crippen molar-refractivity contribution >= 4 is 49.3 Å². The zero-order chi connectivity index (χ0) is 11.0. The van der Waals surface area contributed by atoms with Crippen LogP contribution in [0.5, 0.6) is 0 Å². The van der Waals surface area contributed by atoms with E-state index in [-0.39, 0.29) is 0 Å². The van der Waals surface area contributed by atoms with Crippen LogP contribution >= 0.6 is 31.5 Å². The summed E-state index contributed by atoms with van der Waals surface area (Å²) in [7, 11) is 0. The molecule has 0 amide bonds. The van der Waals surface area contributed by atoms with Gasteiger partial charge in [-0.15, -0.1) is 0 Å². The van der Waals surface area contributed by atoms with E-state index in [1.54, 1.807) is 11.1 Å². The summed E-state index contributed by atoms with van der Waals surface area (Å²) in [4.78, 5) is 0. The summed E-state index contributed by atoms with van der Waals surface area (Å²) in [6, 6.07) is 0. The van der Waals surface area contributed by atoms with E-state index in [0.29, 0.717) is 22.5 Å². The van der Waals surface area contributed by atoms with Gasteiger partial charge in [0.1, 0.15) is 6.71 Å². The molecule has 0 saturated heterocycles. The van der Waals surface area contributed by atoms with Crippen molar-refractivity contribution in [3.63, 3.8) is 0 Å². The molecule has 0 radical (unpaired) electrons. The van der Waals surface area contributed by atoms with Gasteiger partial charge < -0.3 is 0 Å². The molecule has 0 nitrogen and oxygen atoms in total. The molecule has 2 unspecified atom stereocenters. The van der Waals surface area contributed by atoms with Gasteiger partial charge in [-0.05, 0) is 13.8 Å². The van der Waals surface area contributed by atoms with E-state index in [1.165, 1.54) is 0 Å². The highest BCUT2D eigenvalue weighted by Gasteiger charge is 2.43. The van der Waals surface area contributed by atoms with Gasteiger partial charge in [-0.2, -0.15) is 31.5 Å². The molecule has 1 aliphatic rings. The Morgan fingerprint density at radius 2 is 1.29 bits per heavy atom. The largest absolute Gasteiger partial charge is 0.219 e. The molecule has 1 heterocycles. The van der Waals surface area contributed by atoms with Crippen molar-refractivity contribution in [2.24, 2.45) is 0 Å². The first-order valence-corrected chi connectivity index (χ1v) is 7.16. The molecular formula is C9H17B3Br2. The minimum absolute atomic E-state index is 0.587. The molecule has 2 atom stereocenters. The summed E-state index contributed by atoms with van der Waals surface area (Å²) >= 11 is 7.47. The monoisotopic (exact) mass is 316 g/mol. The highest BCUT2D eigenvalue weighted by molar-refractivity contribution is 9.25. The van der Waals surface area contributed by atoms with E-state index >= 15 is 0 Å². The average molecular weight is 317 g/mol. The second-order valence-electron chi connectivity index (χ2n) is 4.63. The lowest BCUT2D eigenvalue weighted by Crippen LogP contribution is -2.30. The topological polar surface area (TPSA) is 0 Å². The van der Waals surface area contributed by atoms with Crippen LogP contribution in [0.4, 0.5) is 0 Å². The maximum Gasteiger partial charge on any atom is 0.219 e. The minimum Gasteiger partial charge on any atom is -0.157 e. The van der Waals surface area contributed by atoms with Gasteiger partial charge in [-0.3, -0.25) is 0 Å². The van der Waals surface area contributed by atoms with E-state index in [1.807, 2.05) is 0 Å². The zero-order valence-corrected chi connectivity index (χ0v) is 12.8. The predicted octanol–water partition coefficient (Wildman–Crippen LogP) is 4.31. The molecule has 0 spiro atoms.